The summed E-state index contributed by atoms with van der Waals surface area (Å²) in [5, 5.41) is 1.23. The van der Waals surface area contributed by atoms with Gasteiger partial charge in [-0.1, -0.05) is 30.3 Å². The molecule has 1 N–H and O–H groups in total. The van der Waals surface area contributed by atoms with E-state index in [2.05, 4.69) is 52.5 Å². The lowest BCUT2D eigenvalue weighted by Crippen LogP contribution is -2.35. The molecule has 1 aromatic heterocycles. The van der Waals surface area contributed by atoms with Crippen LogP contribution in [0.25, 0.3) is 10.9 Å². The molecule has 1 aliphatic heterocycles. The number of aromatic nitrogens is 1. The maximum absolute atomic E-state index is 11.8. The molecule has 0 spiro atoms. The van der Waals surface area contributed by atoms with E-state index >= 15 is 0 Å². The molecule has 2 atom stereocenters. The molecule has 0 amide bonds. The first kappa shape index (κ1) is 19.6. The number of rotatable bonds is 7. The first-order valence-corrected chi connectivity index (χ1v) is 12.0. The van der Waals surface area contributed by atoms with Gasteiger partial charge in [-0.15, -0.1) is 0 Å². The monoisotopic (exact) mass is 394 g/mol. The number of nitrogens with one attached hydrogen (secondary N) is 1. The molecule has 148 valence electrons. The normalized spacial score (nSPS) is 19.1. The summed E-state index contributed by atoms with van der Waals surface area (Å²) < 4.78 is 11.8. The predicted molar refractivity (Wildman–Crippen MR) is 118 cm³/mol. The average molecular weight is 395 g/mol. The molecule has 2 unspecified atom stereocenters. The van der Waals surface area contributed by atoms with Crippen LogP contribution in [0.1, 0.15) is 42.7 Å². The Balaban J connectivity index is 1.29. The Bertz CT molecular complexity index is 890. The van der Waals surface area contributed by atoms with Crippen molar-refractivity contribution in [3.63, 3.8) is 0 Å². The van der Waals surface area contributed by atoms with Gasteiger partial charge in [0.05, 0.1) is 0 Å². The third-order valence-electron chi connectivity index (χ3n) is 6.02. The summed E-state index contributed by atoms with van der Waals surface area (Å²) in [6.45, 7) is 3.63. The van der Waals surface area contributed by atoms with Crippen LogP contribution >= 0.6 is 0 Å². The van der Waals surface area contributed by atoms with Crippen LogP contribution in [0.4, 0.5) is 0 Å². The number of hydrogen-bond acceptors (Lipinski definition) is 2. The van der Waals surface area contributed by atoms with Crippen molar-refractivity contribution in [2.75, 3.05) is 25.9 Å². The van der Waals surface area contributed by atoms with E-state index in [0.29, 0.717) is 5.92 Å². The van der Waals surface area contributed by atoms with E-state index in [0.717, 1.165) is 16.8 Å². The minimum absolute atomic E-state index is 0.692. The van der Waals surface area contributed by atoms with Gasteiger partial charge >= 0.3 is 0 Å². The standard InChI is InChI=1S/C24H30N2OS/c1-28(27)22-12-13-24-23(16-22)20(17-25-24)10-5-6-14-26-15-7-11-21(18-26)19-8-3-2-4-9-19/h2-4,8-9,12-13,16-17,21,25H,5-7,10-11,14-15,18H2,1H3. The van der Waals surface area contributed by atoms with Crippen molar-refractivity contribution in [2.24, 2.45) is 0 Å². The van der Waals surface area contributed by atoms with Gasteiger partial charge < -0.3 is 14.4 Å². The Hall–Kier alpha value is -1.75. The number of nitrogens with zero attached hydrogens (tertiary/aromatic N) is 1. The van der Waals surface area contributed by atoms with E-state index in [9.17, 15) is 4.55 Å². The minimum atomic E-state index is -0.928. The van der Waals surface area contributed by atoms with Crippen molar-refractivity contribution in [3.05, 3.63) is 65.9 Å². The molecule has 2 heterocycles. The summed E-state index contributed by atoms with van der Waals surface area (Å²) in [4.78, 5) is 6.92. The molecule has 0 aliphatic carbocycles. The van der Waals surface area contributed by atoms with E-state index in [1.165, 1.54) is 61.8 Å². The second kappa shape index (κ2) is 9.17. The van der Waals surface area contributed by atoms with Crippen LogP contribution in [0.15, 0.2) is 59.6 Å². The largest absolute Gasteiger partial charge is 0.612 e. The molecular weight excluding hydrogens is 364 g/mol. The summed E-state index contributed by atoms with van der Waals surface area (Å²) in [7, 11) is 0. The predicted octanol–water partition coefficient (Wildman–Crippen LogP) is 5.11. The van der Waals surface area contributed by atoms with Crippen molar-refractivity contribution in [3.8, 4) is 0 Å². The fourth-order valence-corrected chi connectivity index (χ4v) is 4.99. The van der Waals surface area contributed by atoms with Gasteiger partial charge in [0.25, 0.3) is 0 Å². The second-order valence-electron chi connectivity index (χ2n) is 7.98. The quantitative estimate of drug-likeness (QED) is 0.447. The first-order chi connectivity index (χ1) is 13.7. The zero-order chi connectivity index (χ0) is 19.3. The Kier molecular flexibility index (Phi) is 6.40. The van der Waals surface area contributed by atoms with Crippen molar-refractivity contribution in [1.29, 1.82) is 0 Å². The van der Waals surface area contributed by atoms with Crippen LogP contribution in [0, 0.1) is 0 Å². The van der Waals surface area contributed by atoms with Crippen LogP contribution in [-0.2, 0) is 17.6 Å². The Morgan fingerprint density at radius 3 is 2.82 bits per heavy atom. The van der Waals surface area contributed by atoms with E-state index in [4.69, 9.17) is 0 Å². The fourth-order valence-electron chi connectivity index (χ4n) is 4.45. The van der Waals surface area contributed by atoms with Crippen molar-refractivity contribution in [2.45, 2.75) is 42.9 Å². The summed E-state index contributed by atoms with van der Waals surface area (Å²) in [5.74, 6) is 0.692. The van der Waals surface area contributed by atoms with E-state index in [-0.39, 0.29) is 0 Å². The van der Waals surface area contributed by atoms with Gasteiger partial charge in [0.2, 0.25) is 0 Å². The zero-order valence-corrected chi connectivity index (χ0v) is 17.5. The van der Waals surface area contributed by atoms with Gasteiger partial charge in [-0.3, -0.25) is 0 Å². The van der Waals surface area contributed by atoms with E-state index < -0.39 is 11.2 Å². The van der Waals surface area contributed by atoms with Gasteiger partial charge in [0, 0.05) is 29.7 Å². The lowest BCUT2D eigenvalue weighted by atomic mass is 9.90. The van der Waals surface area contributed by atoms with Crippen LogP contribution in [-0.4, -0.2) is 40.3 Å². The third kappa shape index (κ3) is 4.62. The van der Waals surface area contributed by atoms with E-state index in [1.807, 2.05) is 12.1 Å². The van der Waals surface area contributed by atoms with Crippen molar-refractivity contribution >= 4 is 22.1 Å². The third-order valence-corrected chi connectivity index (χ3v) is 6.94. The molecule has 4 rings (SSSR count). The highest BCUT2D eigenvalue weighted by Crippen LogP contribution is 2.27. The van der Waals surface area contributed by atoms with Gasteiger partial charge in [-0.05, 0) is 85.5 Å². The lowest BCUT2D eigenvalue weighted by Gasteiger charge is -2.33. The van der Waals surface area contributed by atoms with Gasteiger partial charge in [-0.2, -0.15) is 0 Å². The lowest BCUT2D eigenvalue weighted by molar-refractivity contribution is 0.204. The molecule has 1 aliphatic rings. The first-order valence-electron chi connectivity index (χ1n) is 10.4. The molecule has 3 aromatic rings. The number of hydrogen-bond donors (Lipinski definition) is 1. The number of piperidine rings is 1. The molecule has 0 bridgehead atoms. The highest BCUT2D eigenvalue weighted by molar-refractivity contribution is 7.90. The minimum Gasteiger partial charge on any atom is -0.612 e. The van der Waals surface area contributed by atoms with Crippen molar-refractivity contribution in [1.82, 2.24) is 9.88 Å². The molecule has 28 heavy (non-hydrogen) atoms. The molecule has 3 nitrogen and oxygen atoms in total. The second-order valence-corrected chi connectivity index (χ2v) is 9.36. The van der Waals surface area contributed by atoms with Gasteiger partial charge in [0.15, 0.2) is 4.90 Å². The highest BCUT2D eigenvalue weighted by Gasteiger charge is 2.20. The molecular formula is C24H30N2OS. The highest BCUT2D eigenvalue weighted by atomic mass is 32.2. The number of aryl methyl sites for hydroxylation is 1. The molecule has 0 radical (unpaired) electrons. The van der Waals surface area contributed by atoms with Crippen LogP contribution in [0.3, 0.4) is 0 Å². The van der Waals surface area contributed by atoms with Crippen molar-refractivity contribution < 1.29 is 4.55 Å². The van der Waals surface area contributed by atoms with Crippen LogP contribution in [0.5, 0.6) is 0 Å². The molecule has 0 saturated carbocycles. The number of unbranched alkanes of at least 4 members (excludes halogenated alkanes) is 1. The number of aromatic amines is 1. The topological polar surface area (TPSA) is 42.1 Å². The number of fused-ring (bicyclic) bond motifs is 1. The Morgan fingerprint density at radius 2 is 2.00 bits per heavy atom. The molecule has 1 fully saturated rings. The smallest absolute Gasteiger partial charge is 0.153 e. The number of likely N-dealkylation sites (tertiary alicyclic amines) is 1. The van der Waals surface area contributed by atoms with Crippen LogP contribution < -0.4 is 0 Å². The van der Waals surface area contributed by atoms with Gasteiger partial charge in [0.1, 0.15) is 6.26 Å². The fraction of sp³-hybridized carbons (Fsp3) is 0.417. The molecule has 4 heteroatoms. The summed E-state index contributed by atoms with van der Waals surface area (Å²) in [5.41, 5.74) is 3.99. The maximum Gasteiger partial charge on any atom is 0.153 e. The molecule has 2 aromatic carbocycles. The summed E-state index contributed by atoms with van der Waals surface area (Å²) in [6.07, 6.45) is 9.99. The van der Waals surface area contributed by atoms with E-state index in [1.54, 1.807) is 6.26 Å². The zero-order valence-electron chi connectivity index (χ0n) is 16.7. The SMILES string of the molecule is C[S+]([O-])c1ccc2[nH]cc(CCCCN3CCCC(c4ccccc4)C3)c2c1. The van der Waals surface area contributed by atoms with Crippen LogP contribution in [0.2, 0.25) is 0 Å². The Labute approximate surface area is 171 Å². The molecule has 1 saturated heterocycles. The number of benzene rings is 2. The summed E-state index contributed by atoms with van der Waals surface area (Å²) in [6, 6.07) is 17.1. The maximum atomic E-state index is 11.8. The summed E-state index contributed by atoms with van der Waals surface area (Å²) >= 11 is -0.928. The number of H-pyrrole nitrogens is 1. The average Bonchev–Trinajstić information content (AvgIpc) is 3.14. The van der Waals surface area contributed by atoms with Gasteiger partial charge in [-0.25, -0.2) is 0 Å². The Morgan fingerprint density at radius 1 is 1.14 bits per heavy atom.